The second-order valence-corrected chi connectivity index (χ2v) is 5.60. The van der Waals surface area contributed by atoms with Crippen molar-refractivity contribution in [1.29, 1.82) is 0 Å². The van der Waals surface area contributed by atoms with Crippen LogP contribution in [-0.2, 0) is 0 Å². The molecule has 0 bridgehead atoms. The van der Waals surface area contributed by atoms with Crippen molar-refractivity contribution in [1.82, 2.24) is 10.3 Å². The molecule has 1 unspecified atom stereocenters. The average molecular weight is 324 g/mol. The third-order valence-electron chi connectivity index (χ3n) is 4.15. The van der Waals surface area contributed by atoms with E-state index in [1.54, 1.807) is 14.2 Å². The number of carbonyl (C=O) groups excluding carboxylic acids is 1. The van der Waals surface area contributed by atoms with Crippen LogP contribution in [0.1, 0.15) is 29.7 Å². The molecular weight excluding hydrogens is 304 g/mol. The number of amides is 2. The van der Waals surface area contributed by atoms with E-state index < -0.39 is 0 Å². The Morgan fingerprint density at radius 3 is 2.58 bits per heavy atom. The Hall–Kier alpha value is -3.02. The zero-order valence-corrected chi connectivity index (χ0v) is 13.9. The SMILES string of the molecule is CNC(=O)N1N=C(c2ccc(N)cc2)c2cc(OC)ccc2C1C. The lowest BCUT2D eigenvalue weighted by Gasteiger charge is -2.32. The van der Waals surface area contributed by atoms with Gasteiger partial charge < -0.3 is 15.8 Å². The number of benzene rings is 2. The highest BCUT2D eigenvalue weighted by molar-refractivity contribution is 6.15. The number of ether oxygens (including phenoxy) is 1. The van der Waals surface area contributed by atoms with Gasteiger partial charge in [-0.15, -0.1) is 0 Å². The fourth-order valence-corrected chi connectivity index (χ4v) is 2.80. The topological polar surface area (TPSA) is 80.0 Å². The summed E-state index contributed by atoms with van der Waals surface area (Å²) in [6.45, 7) is 1.95. The molecule has 6 nitrogen and oxygen atoms in total. The van der Waals surface area contributed by atoms with Crippen LogP contribution in [0.2, 0.25) is 0 Å². The number of fused-ring (bicyclic) bond motifs is 1. The average Bonchev–Trinajstić information content (AvgIpc) is 2.62. The molecule has 2 amide bonds. The van der Waals surface area contributed by atoms with Crippen molar-refractivity contribution in [2.75, 3.05) is 19.9 Å². The van der Waals surface area contributed by atoms with Crippen molar-refractivity contribution >= 4 is 17.4 Å². The summed E-state index contributed by atoms with van der Waals surface area (Å²) in [7, 11) is 3.22. The Bertz CT molecular complexity index is 799. The van der Waals surface area contributed by atoms with E-state index in [0.29, 0.717) is 11.4 Å². The van der Waals surface area contributed by atoms with Crippen molar-refractivity contribution in [3.8, 4) is 5.75 Å². The molecule has 0 spiro atoms. The first-order valence-corrected chi connectivity index (χ1v) is 7.69. The van der Waals surface area contributed by atoms with Crippen molar-refractivity contribution < 1.29 is 9.53 Å². The predicted octanol–water partition coefficient (Wildman–Crippen LogP) is 2.75. The van der Waals surface area contributed by atoms with Crippen LogP contribution in [0.15, 0.2) is 47.6 Å². The van der Waals surface area contributed by atoms with E-state index in [-0.39, 0.29) is 12.1 Å². The summed E-state index contributed by atoms with van der Waals surface area (Å²) in [5, 5.41) is 8.69. The van der Waals surface area contributed by atoms with E-state index in [1.165, 1.54) is 5.01 Å². The highest BCUT2D eigenvalue weighted by Gasteiger charge is 2.30. The third kappa shape index (κ3) is 2.67. The van der Waals surface area contributed by atoms with Gasteiger partial charge in [-0.3, -0.25) is 0 Å². The van der Waals surface area contributed by atoms with Gasteiger partial charge in [0.25, 0.3) is 0 Å². The number of methoxy groups -OCH3 is 1. The summed E-state index contributed by atoms with van der Waals surface area (Å²) in [6, 6.07) is 12.8. The van der Waals surface area contributed by atoms with Crippen LogP contribution < -0.4 is 15.8 Å². The maximum Gasteiger partial charge on any atom is 0.338 e. The van der Waals surface area contributed by atoms with Gasteiger partial charge in [0.2, 0.25) is 0 Å². The fraction of sp³-hybridized carbons (Fsp3) is 0.222. The summed E-state index contributed by atoms with van der Waals surface area (Å²) >= 11 is 0. The molecule has 2 aromatic carbocycles. The van der Waals surface area contributed by atoms with Crippen LogP contribution in [-0.4, -0.2) is 30.9 Å². The maximum atomic E-state index is 12.2. The molecule has 1 heterocycles. The summed E-state index contributed by atoms with van der Waals surface area (Å²) in [6.07, 6.45) is 0. The highest BCUT2D eigenvalue weighted by atomic mass is 16.5. The molecule has 0 aliphatic carbocycles. The van der Waals surface area contributed by atoms with Gasteiger partial charge in [-0.1, -0.05) is 18.2 Å². The number of nitrogens with two attached hydrogens (primary N) is 1. The molecule has 0 fully saturated rings. The molecule has 3 N–H and O–H groups in total. The molecule has 24 heavy (non-hydrogen) atoms. The number of nitrogen functional groups attached to an aromatic ring is 1. The number of hydrogen-bond acceptors (Lipinski definition) is 4. The van der Waals surface area contributed by atoms with E-state index in [4.69, 9.17) is 10.5 Å². The number of carbonyl (C=O) groups is 1. The molecule has 0 saturated heterocycles. The standard InChI is InChI=1S/C18H20N4O2/c1-11-15-9-8-14(24-3)10-16(15)17(21-22(11)18(23)20-2)12-4-6-13(19)7-5-12/h4-11H,19H2,1-3H3,(H,20,23). The van der Waals surface area contributed by atoms with E-state index in [0.717, 1.165) is 22.4 Å². The fourth-order valence-electron chi connectivity index (χ4n) is 2.80. The molecule has 124 valence electrons. The number of anilines is 1. The van der Waals surface area contributed by atoms with Gasteiger partial charge in [0.15, 0.2) is 0 Å². The molecule has 0 radical (unpaired) electrons. The Morgan fingerprint density at radius 1 is 1.25 bits per heavy atom. The van der Waals surface area contributed by atoms with Crippen LogP contribution in [0, 0.1) is 0 Å². The summed E-state index contributed by atoms with van der Waals surface area (Å²) in [4.78, 5) is 12.2. The molecule has 0 saturated carbocycles. The smallest absolute Gasteiger partial charge is 0.338 e. The number of nitrogens with zero attached hydrogens (tertiary/aromatic N) is 2. The van der Waals surface area contributed by atoms with Crippen LogP contribution in [0.3, 0.4) is 0 Å². The zero-order valence-electron chi connectivity index (χ0n) is 13.9. The van der Waals surface area contributed by atoms with Crippen molar-refractivity contribution in [2.45, 2.75) is 13.0 Å². The number of rotatable bonds is 2. The van der Waals surface area contributed by atoms with Crippen LogP contribution in [0.25, 0.3) is 0 Å². The van der Waals surface area contributed by atoms with Crippen LogP contribution in [0.4, 0.5) is 10.5 Å². The van der Waals surface area contributed by atoms with E-state index in [1.807, 2.05) is 49.4 Å². The molecular formula is C18H20N4O2. The van der Waals surface area contributed by atoms with E-state index in [2.05, 4.69) is 10.4 Å². The van der Waals surface area contributed by atoms with Gasteiger partial charge in [0, 0.05) is 23.9 Å². The molecule has 1 aliphatic rings. The Morgan fingerprint density at radius 2 is 1.96 bits per heavy atom. The van der Waals surface area contributed by atoms with Crippen molar-refractivity contribution in [2.24, 2.45) is 5.10 Å². The van der Waals surface area contributed by atoms with Gasteiger partial charge >= 0.3 is 6.03 Å². The first-order chi connectivity index (χ1) is 11.5. The quantitative estimate of drug-likeness (QED) is 0.834. The van der Waals surface area contributed by atoms with Crippen molar-refractivity contribution in [3.05, 3.63) is 59.2 Å². The second kappa shape index (κ2) is 6.23. The van der Waals surface area contributed by atoms with Gasteiger partial charge in [-0.2, -0.15) is 5.10 Å². The molecule has 0 aromatic heterocycles. The van der Waals surface area contributed by atoms with Crippen LogP contribution >= 0.6 is 0 Å². The van der Waals surface area contributed by atoms with Gasteiger partial charge in [0.05, 0.1) is 18.9 Å². The molecule has 1 aliphatic heterocycles. The number of urea groups is 1. The third-order valence-corrected chi connectivity index (χ3v) is 4.15. The minimum absolute atomic E-state index is 0.177. The largest absolute Gasteiger partial charge is 0.497 e. The number of nitrogens with one attached hydrogen (secondary N) is 1. The van der Waals surface area contributed by atoms with Gasteiger partial charge in [0.1, 0.15) is 5.75 Å². The van der Waals surface area contributed by atoms with E-state index >= 15 is 0 Å². The zero-order chi connectivity index (χ0) is 17.3. The lowest BCUT2D eigenvalue weighted by atomic mass is 9.92. The normalized spacial score (nSPS) is 16.2. The first-order valence-electron chi connectivity index (χ1n) is 7.69. The summed E-state index contributed by atoms with van der Waals surface area (Å²) < 4.78 is 5.35. The Labute approximate surface area is 140 Å². The predicted molar refractivity (Wildman–Crippen MR) is 94.2 cm³/mol. The highest BCUT2D eigenvalue weighted by Crippen LogP contribution is 2.33. The van der Waals surface area contributed by atoms with Crippen LogP contribution in [0.5, 0.6) is 5.75 Å². The summed E-state index contributed by atoms with van der Waals surface area (Å²) in [5.41, 5.74) is 10.0. The Balaban J connectivity index is 2.19. The Kier molecular flexibility index (Phi) is 4.12. The maximum absolute atomic E-state index is 12.2. The lowest BCUT2D eigenvalue weighted by molar-refractivity contribution is 0.183. The van der Waals surface area contributed by atoms with Crippen molar-refractivity contribution in [3.63, 3.8) is 0 Å². The number of hydrazone groups is 1. The summed E-state index contributed by atoms with van der Waals surface area (Å²) in [5.74, 6) is 0.748. The molecule has 1 atom stereocenters. The van der Waals surface area contributed by atoms with Gasteiger partial charge in [-0.25, -0.2) is 9.80 Å². The molecule has 3 rings (SSSR count). The number of hydrogen-bond donors (Lipinski definition) is 2. The monoisotopic (exact) mass is 324 g/mol. The lowest BCUT2D eigenvalue weighted by Crippen LogP contribution is -2.39. The molecule has 2 aromatic rings. The minimum Gasteiger partial charge on any atom is -0.497 e. The second-order valence-electron chi connectivity index (χ2n) is 5.60. The molecule has 6 heteroatoms. The minimum atomic E-state index is -0.253. The van der Waals surface area contributed by atoms with Gasteiger partial charge in [-0.05, 0) is 36.8 Å². The van der Waals surface area contributed by atoms with E-state index in [9.17, 15) is 4.79 Å². The first kappa shape index (κ1) is 15.9.